The number of rotatable bonds is 5. The highest BCUT2D eigenvalue weighted by Gasteiger charge is 2.24. The number of hydrogen-bond acceptors (Lipinski definition) is 4. The summed E-state index contributed by atoms with van der Waals surface area (Å²) in [5.74, 6) is -2.21. The van der Waals surface area contributed by atoms with Crippen LogP contribution in [-0.2, 0) is 26.0 Å². The van der Waals surface area contributed by atoms with Gasteiger partial charge in [0.05, 0.1) is 10.6 Å². The molecule has 1 heterocycles. The number of fused-ring (bicyclic) bond motifs is 1. The summed E-state index contributed by atoms with van der Waals surface area (Å²) in [4.78, 5) is 13.3. The van der Waals surface area contributed by atoms with Gasteiger partial charge in [-0.25, -0.2) is 17.2 Å². The number of aryl methyl sites for hydroxylation is 1. The number of anilines is 2. The highest BCUT2D eigenvalue weighted by Crippen LogP contribution is 2.31. The Morgan fingerprint density at radius 3 is 2.56 bits per heavy atom. The van der Waals surface area contributed by atoms with Crippen molar-refractivity contribution in [2.75, 3.05) is 29.9 Å². The van der Waals surface area contributed by atoms with Gasteiger partial charge in [-0.15, -0.1) is 0 Å². The van der Waals surface area contributed by atoms with E-state index in [9.17, 15) is 22.0 Å². The average Bonchev–Trinajstić information content (AvgIpc) is 2.60. The molecule has 0 unspecified atom stereocenters. The lowest BCUT2D eigenvalue weighted by molar-refractivity contribution is -0.122. The van der Waals surface area contributed by atoms with Gasteiger partial charge in [-0.3, -0.25) is 9.52 Å². The first-order valence-corrected chi connectivity index (χ1v) is 9.69. The van der Waals surface area contributed by atoms with Crippen molar-refractivity contribution in [1.29, 1.82) is 0 Å². The van der Waals surface area contributed by atoms with Crippen LogP contribution in [0.5, 0.6) is 0 Å². The molecule has 0 aliphatic carbocycles. The third-order valence-corrected chi connectivity index (χ3v) is 5.53. The molecule has 1 aliphatic heterocycles. The Morgan fingerprint density at radius 2 is 1.89 bits per heavy atom. The quantitative estimate of drug-likeness (QED) is 0.843. The number of carbonyl (C=O) groups is 1. The largest absolute Gasteiger partial charge is 0.375 e. The first kappa shape index (κ1) is 19.2. The summed E-state index contributed by atoms with van der Waals surface area (Å²) >= 11 is 0. The second-order valence-electron chi connectivity index (χ2n) is 6.14. The van der Waals surface area contributed by atoms with Crippen LogP contribution >= 0.6 is 0 Å². The topological polar surface area (TPSA) is 75.7 Å². The van der Waals surface area contributed by atoms with Crippen LogP contribution in [0.3, 0.4) is 0 Å². The molecule has 2 aromatic rings. The van der Waals surface area contributed by atoms with Gasteiger partial charge < -0.3 is 9.64 Å². The molecule has 27 heavy (non-hydrogen) atoms. The number of benzene rings is 2. The molecule has 0 aromatic heterocycles. The molecule has 9 heteroatoms. The molecular weight excluding hydrogens is 378 g/mol. The molecule has 0 atom stereocenters. The SMILES string of the molecule is COCC(=O)N1CCCc2ccc(NS(=O)(=O)c3cc(F)cc(F)c3)cc21. The highest BCUT2D eigenvalue weighted by atomic mass is 32.2. The van der Waals surface area contributed by atoms with E-state index in [0.29, 0.717) is 18.3 Å². The molecule has 6 nitrogen and oxygen atoms in total. The highest BCUT2D eigenvalue weighted by molar-refractivity contribution is 7.92. The van der Waals surface area contributed by atoms with E-state index < -0.39 is 26.6 Å². The van der Waals surface area contributed by atoms with E-state index in [1.165, 1.54) is 13.2 Å². The van der Waals surface area contributed by atoms with E-state index in [0.717, 1.165) is 30.5 Å². The molecule has 0 saturated carbocycles. The smallest absolute Gasteiger partial charge is 0.262 e. The van der Waals surface area contributed by atoms with Crippen LogP contribution in [0.25, 0.3) is 0 Å². The Bertz CT molecular complexity index is 959. The van der Waals surface area contributed by atoms with Crippen molar-refractivity contribution >= 4 is 27.3 Å². The number of amides is 1. The summed E-state index contributed by atoms with van der Waals surface area (Å²) in [6.45, 7) is 0.415. The Balaban J connectivity index is 1.92. The third kappa shape index (κ3) is 4.25. The van der Waals surface area contributed by atoms with Crippen molar-refractivity contribution in [2.24, 2.45) is 0 Å². The van der Waals surface area contributed by atoms with E-state index in [1.807, 2.05) is 0 Å². The zero-order chi connectivity index (χ0) is 19.6. The van der Waals surface area contributed by atoms with Crippen LogP contribution in [0.1, 0.15) is 12.0 Å². The standard InChI is InChI=1S/C18H18F2N2O4S/c1-26-11-18(23)22-6-2-3-12-4-5-15(10-17(12)22)21-27(24,25)16-8-13(19)7-14(20)9-16/h4-5,7-10,21H,2-3,6,11H2,1H3. The minimum absolute atomic E-state index is 0.0854. The number of ether oxygens (including phenoxy) is 1. The summed E-state index contributed by atoms with van der Waals surface area (Å²) in [5, 5.41) is 0. The maximum Gasteiger partial charge on any atom is 0.262 e. The Labute approximate surface area is 155 Å². The second-order valence-corrected chi connectivity index (χ2v) is 7.82. The molecule has 3 rings (SSSR count). The summed E-state index contributed by atoms with van der Waals surface area (Å²) < 4.78 is 58.8. The maximum absolute atomic E-state index is 13.3. The fraction of sp³-hybridized carbons (Fsp3) is 0.278. The third-order valence-electron chi connectivity index (χ3n) is 4.17. The molecule has 0 radical (unpaired) electrons. The van der Waals surface area contributed by atoms with Gasteiger partial charge in [0.15, 0.2) is 0 Å². The second kappa shape index (κ2) is 7.61. The Kier molecular flexibility index (Phi) is 5.43. The minimum atomic E-state index is -4.19. The van der Waals surface area contributed by atoms with Crippen LogP contribution in [0.2, 0.25) is 0 Å². The predicted molar refractivity (Wildman–Crippen MR) is 96.2 cm³/mol. The van der Waals surface area contributed by atoms with Crippen LogP contribution in [0, 0.1) is 11.6 Å². The number of halogens is 2. The summed E-state index contributed by atoms with van der Waals surface area (Å²) in [6.07, 6.45) is 1.55. The lowest BCUT2D eigenvalue weighted by Crippen LogP contribution is -2.37. The molecule has 1 aliphatic rings. The Hall–Kier alpha value is -2.52. The van der Waals surface area contributed by atoms with E-state index in [-0.39, 0.29) is 18.2 Å². The van der Waals surface area contributed by atoms with Crippen LogP contribution in [-0.4, -0.2) is 34.6 Å². The van der Waals surface area contributed by atoms with Gasteiger partial charge in [0.1, 0.15) is 18.2 Å². The van der Waals surface area contributed by atoms with Gasteiger partial charge in [0, 0.05) is 25.4 Å². The van der Waals surface area contributed by atoms with Gasteiger partial charge >= 0.3 is 0 Å². The number of nitrogens with one attached hydrogen (secondary N) is 1. The zero-order valence-electron chi connectivity index (χ0n) is 14.5. The number of carbonyl (C=O) groups excluding carboxylic acids is 1. The van der Waals surface area contributed by atoms with E-state index >= 15 is 0 Å². The van der Waals surface area contributed by atoms with Crippen molar-refractivity contribution in [3.63, 3.8) is 0 Å². The molecule has 1 N–H and O–H groups in total. The van der Waals surface area contributed by atoms with Crippen molar-refractivity contribution in [1.82, 2.24) is 0 Å². The monoisotopic (exact) mass is 396 g/mol. The van der Waals surface area contributed by atoms with E-state index in [2.05, 4.69) is 4.72 Å². The molecule has 0 fully saturated rings. The fourth-order valence-corrected chi connectivity index (χ4v) is 4.09. The van der Waals surface area contributed by atoms with Crippen LogP contribution in [0.4, 0.5) is 20.2 Å². The van der Waals surface area contributed by atoms with Gasteiger partial charge in [0.25, 0.3) is 15.9 Å². The lowest BCUT2D eigenvalue weighted by atomic mass is 10.0. The molecule has 0 bridgehead atoms. The molecule has 1 amide bonds. The summed E-state index contributed by atoms with van der Waals surface area (Å²) in [6, 6.07) is 6.88. The van der Waals surface area contributed by atoms with Gasteiger partial charge in [-0.2, -0.15) is 0 Å². The van der Waals surface area contributed by atoms with Gasteiger partial charge in [-0.05, 0) is 42.7 Å². The molecular formula is C18H18F2N2O4S. The van der Waals surface area contributed by atoms with Crippen LogP contribution < -0.4 is 9.62 Å². The normalized spacial score (nSPS) is 14.0. The molecule has 144 valence electrons. The maximum atomic E-state index is 13.3. The average molecular weight is 396 g/mol. The van der Waals surface area contributed by atoms with Crippen molar-refractivity contribution in [3.8, 4) is 0 Å². The number of hydrogen-bond donors (Lipinski definition) is 1. The van der Waals surface area contributed by atoms with E-state index in [4.69, 9.17) is 4.74 Å². The molecule has 2 aromatic carbocycles. The number of methoxy groups -OCH3 is 1. The zero-order valence-corrected chi connectivity index (χ0v) is 15.4. The van der Waals surface area contributed by atoms with Gasteiger partial charge in [-0.1, -0.05) is 6.07 Å². The predicted octanol–water partition coefficient (Wildman–Crippen LogP) is 2.69. The van der Waals surface area contributed by atoms with Gasteiger partial charge in [0.2, 0.25) is 0 Å². The first-order valence-electron chi connectivity index (χ1n) is 8.21. The summed E-state index contributed by atoms with van der Waals surface area (Å²) in [7, 11) is -2.77. The van der Waals surface area contributed by atoms with Crippen molar-refractivity contribution in [2.45, 2.75) is 17.7 Å². The van der Waals surface area contributed by atoms with Crippen LogP contribution in [0.15, 0.2) is 41.3 Å². The van der Waals surface area contributed by atoms with E-state index in [1.54, 1.807) is 17.0 Å². The lowest BCUT2D eigenvalue weighted by Gasteiger charge is -2.30. The summed E-state index contributed by atoms with van der Waals surface area (Å²) in [5.41, 5.74) is 1.69. The van der Waals surface area contributed by atoms with Crippen molar-refractivity contribution < 1.29 is 26.7 Å². The fourth-order valence-electron chi connectivity index (χ4n) is 3.00. The number of sulfonamides is 1. The molecule has 0 spiro atoms. The first-order chi connectivity index (χ1) is 12.8. The molecule has 0 saturated heterocycles. The van der Waals surface area contributed by atoms with Crippen molar-refractivity contribution in [3.05, 3.63) is 53.6 Å². The minimum Gasteiger partial charge on any atom is -0.375 e. The number of nitrogens with zero attached hydrogens (tertiary/aromatic N) is 1. The Morgan fingerprint density at radius 1 is 1.19 bits per heavy atom.